The van der Waals surface area contributed by atoms with Gasteiger partial charge in [0, 0.05) is 32.4 Å². The Kier molecular flexibility index (Phi) is 4.60. The average molecular weight is 277 g/mol. The molecule has 0 aliphatic carbocycles. The van der Waals surface area contributed by atoms with E-state index < -0.39 is 6.10 Å². The van der Waals surface area contributed by atoms with Gasteiger partial charge in [-0.05, 0) is 38.3 Å². The third-order valence-corrected chi connectivity index (χ3v) is 3.82. The van der Waals surface area contributed by atoms with Gasteiger partial charge in [-0.2, -0.15) is 0 Å². The summed E-state index contributed by atoms with van der Waals surface area (Å²) in [5, 5.41) is 9.87. The summed E-state index contributed by atoms with van der Waals surface area (Å²) in [7, 11) is 3.80. The molecule has 1 amide bonds. The predicted molar refractivity (Wildman–Crippen MR) is 78.9 cm³/mol. The van der Waals surface area contributed by atoms with Crippen LogP contribution in [0.2, 0.25) is 0 Å². The highest BCUT2D eigenvalue weighted by atomic mass is 16.3. The highest BCUT2D eigenvalue weighted by Gasteiger charge is 2.30. The van der Waals surface area contributed by atoms with Gasteiger partial charge in [-0.25, -0.2) is 4.98 Å². The minimum absolute atomic E-state index is 0.0129. The zero-order valence-corrected chi connectivity index (χ0v) is 12.4. The topological polar surface area (TPSA) is 56.7 Å². The molecular formula is C15H23N3O2. The second-order valence-electron chi connectivity index (χ2n) is 5.60. The molecule has 0 aromatic carbocycles. The summed E-state index contributed by atoms with van der Waals surface area (Å²) in [5.74, 6) is 0.752. The van der Waals surface area contributed by atoms with Crippen LogP contribution in [0.4, 0.5) is 5.82 Å². The molecule has 1 aliphatic heterocycles. The van der Waals surface area contributed by atoms with Gasteiger partial charge in [0.2, 0.25) is 0 Å². The van der Waals surface area contributed by atoms with Gasteiger partial charge >= 0.3 is 0 Å². The number of carbonyl (C=O) groups is 1. The second kappa shape index (κ2) is 6.22. The molecular weight excluding hydrogens is 254 g/mol. The van der Waals surface area contributed by atoms with Crippen molar-refractivity contribution in [1.82, 2.24) is 9.88 Å². The zero-order chi connectivity index (χ0) is 14.7. The number of aliphatic hydroxyl groups is 1. The molecule has 2 heterocycles. The van der Waals surface area contributed by atoms with E-state index in [1.807, 2.05) is 23.9 Å². The normalized spacial score (nSPS) is 20.6. The zero-order valence-electron chi connectivity index (χ0n) is 12.4. The van der Waals surface area contributed by atoms with Crippen molar-refractivity contribution < 1.29 is 9.90 Å². The molecule has 2 atom stereocenters. The van der Waals surface area contributed by atoms with Gasteiger partial charge in [-0.3, -0.25) is 4.79 Å². The molecule has 0 spiro atoms. The van der Waals surface area contributed by atoms with Crippen LogP contribution in [-0.2, 0) is 0 Å². The van der Waals surface area contributed by atoms with E-state index in [0.29, 0.717) is 12.1 Å². The van der Waals surface area contributed by atoms with Gasteiger partial charge < -0.3 is 14.9 Å². The summed E-state index contributed by atoms with van der Waals surface area (Å²) in [6.45, 7) is 2.47. The molecule has 2 rings (SSSR count). The Bertz CT molecular complexity index is 474. The van der Waals surface area contributed by atoms with Crippen LogP contribution in [0, 0.1) is 0 Å². The SMILES string of the molecule is CC(O)C1CCCCN1C(=O)c1ccnc(N(C)C)c1. The van der Waals surface area contributed by atoms with Crippen molar-refractivity contribution in [2.45, 2.75) is 38.3 Å². The van der Waals surface area contributed by atoms with E-state index in [-0.39, 0.29) is 11.9 Å². The van der Waals surface area contributed by atoms with Crippen molar-refractivity contribution in [3.63, 3.8) is 0 Å². The Labute approximate surface area is 120 Å². The predicted octanol–water partition coefficient (Wildman–Crippen LogP) is 1.52. The van der Waals surface area contributed by atoms with Crippen LogP contribution in [0.15, 0.2) is 18.3 Å². The Hall–Kier alpha value is -1.62. The smallest absolute Gasteiger partial charge is 0.254 e. The standard InChI is InChI=1S/C15H23N3O2/c1-11(19)13-6-4-5-9-18(13)15(20)12-7-8-16-14(10-12)17(2)3/h7-8,10-11,13,19H,4-6,9H2,1-3H3. The fourth-order valence-corrected chi connectivity index (χ4v) is 2.67. The molecule has 1 aromatic rings. The first-order valence-electron chi connectivity index (χ1n) is 7.13. The van der Waals surface area contributed by atoms with Crippen molar-refractivity contribution >= 4 is 11.7 Å². The molecule has 110 valence electrons. The van der Waals surface area contributed by atoms with Gasteiger partial charge in [0.05, 0.1) is 12.1 Å². The fraction of sp³-hybridized carbons (Fsp3) is 0.600. The number of carbonyl (C=O) groups excluding carboxylic acids is 1. The number of pyridine rings is 1. The summed E-state index contributed by atoms with van der Waals surface area (Å²) >= 11 is 0. The van der Waals surface area contributed by atoms with Crippen molar-refractivity contribution in [2.24, 2.45) is 0 Å². The highest BCUT2D eigenvalue weighted by Crippen LogP contribution is 2.22. The third-order valence-electron chi connectivity index (χ3n) is 3.82. The molecule has 1 N–H and O–H groups in total. The van der Waals surface area contributed by atoms with Crippen LogP contribution in [-0.4, -0.2) is 53.7 Å². The number of hydrogen-bond donors (Lipinski definition) is 1. The number of aliphatic hydroxyl groups excluding tert-OH is 1. The summed E-state index contributed by atoms with van der Waals surface area (Å²) < 4.78 is 0. The van der Waals surface area contributed by atoms with E-state index in [2.05, 4.69) is 4.98 Å². The van der Waals surface area contributed by atoms with Crippen molar-refractivity contribution in [3.05, 3.63) is 23.9 Å². The lowest BCUT2D eigenvalue weighted by Gasteiger charge is -2.37. The van der Waals surface area contributed by atoms with Gasteiger partial charge in [0.1, 0.15) is 5.82 Å². The van der Waals surface area contributed by atoms with Crippen LogP contribution >= 0.6 is 0 Å². The Morgan fingerprint density at radius 1 is 1.50 bits per heavy atom. The lowest BCUT2D eigenvalue weighted by Crippen LogP contribution is -2.48. The molecule has 1 aliphatic rings. The van der Waals surface area contributed by atoms with Gasteiger partial charge in [0.15, 0.2) is 0 Å². The Morgan fingerprint density at radius 2 is 2.25 bits per heavy atom. The maximum atomic E-state index is 12.7. The van der Waals surface area contributed by atoms with Crippen molar-refractivity contribution in [2.75, 3.05) is 25.5 Å². The number of aromatic nitrogens is 1. The van der Waals surface area contributed by atoms with Gasteiger partial charge in [0.25, 0.3) is 5.91 Å². The minimum atomic E-state index is -0.491. The number of anilines is 1. The molecule has 20 heavy (non-hydrogen) atoms. The summed E-state index contributed by atoms with van der Waals surface area (Å²) in [5.41, 5.74) is 0.635. The number of hydrogen-bond acceptors (Lipinski definition) is 4. The van der Waals surface area contributed by atoms with E-state index >= 15 is 0 Å². The summed E-state index contributed by atoms with van der Waals surface area (Å²) in [6.07, 6.45) is 4.10. The largest absolute Gasteiger partial charge is 0.391 e. The molecule has 0 bridgehead atoms. The molecule has 0 radical (unpaired) electrons. The monoisotopic (exact) mass is 277 g/mol. The van der Waals surface area contributed by atoms with Crippen LogP contribution < -0.4 is 4.90 Å². The number of piperidine rings is 1. The average Bonchev–Trinajstić information content (AvgIpc) is 2.46. The van der Waals surface area contributed by atoms with E-state index in [1.165, 1.54) is 0 Å². The van der Waals surface area contributed by atoms with E-state index in [1.54, 1.807) is 25.3 Å². The van der Waals surface area contributed by atoms with Crippen LogP contribution in [0.25, 0.3) is 0 Å². The maximum Gasteiger partial charge on any atom is 0.254 e. The third kappa shape index (κ3) is 3.10. The van der Waals surface area contributed by atoms with E-state index in [9.17, 15) is 9.90 Å². The van der Waals surface area contributed by atoms with Gasteiger partial charge in [-0.15, -0.1) is 0 Å². The first-order chi connectivity index (χ1) is 9.50. The number of rotatable bonds is 3. The molecule has 1 fully saturated rings. The molecule has 5 heteroatoms. The Balaban J connectivity index is 2.23. The fourth-order valence-electron chi connectivity index (χ4n) is 2.67. The minimum Gasteiger partial charge on any atom is -0.391 e. The van der Waals surface area contributed by atoms with Crippen LogP contribution in [0.1, 0.15) is 36.5 Å². The maximum absolute atomic E-state index is 12.7. The number of amides is 1. The number of likely N-dealkylation sites (tertiary alicyclic amines) is 1. The lowest BCUT2D eigenvalue weighted by atomic mass is 9.97. The van der Waals surface area contributed by atoms with E-state index in [0.717, 1.165) is 25.1 Å². The number of nitrogens with zero attached hydrogens (tertiary/aromatic N) is 3. The molecule has 5 nitrogen and oxygen atoms in total. The summed E-state index contributed by atoms with van der Waals surface area (Å²) in [4.78, 5) is 20.6. The second-order valence-corrected chi connectivity index (χ2v) is 5.60. The lowest BCUT2D eigenvalue weighted by molar-refractivity contribution is 0.0281. The Morgan fingerprint density at radius 3 is 2.90 bits per heavy atom. The molecule has 0 saturated carbocycles. The first-order valence-corrected chi connectivity index (χ1v) is 7.13. The van der Waals surface area contributed by atoms with Crippen LogP contribution in [0.5, 0.6) is 0 Å². The van der Waals surface area contributed by atoms with Crippen LogP contribution in [0.3, 0.4) is 0 Å². The van der Waals surface area contributed by atoms with Gasteiger partial charge in [-0.1, -0.05) is 0 Å². The summed E-state index contributed by atoms with van der Waals surface area (Å²) in [6, 6.07) is 3.46. The highest BCUT2D eigenvalue weighted by molar-refractivity contribution is 5.95. The first kappa shape index (κ1) is 14.8. The molecule has 1 aromatic heterocycles. The van der Waals surface area contributed by atoms with Crippen molar-refractivity contribution in [1.29, 1.82) is 0 Å². The van der Waals surface area contributed by atoms with Crippen molar-refractivity contribution in [3.8, 4) is 0 Å². The van der Waals surface area contributed by atoms with E-state index in [4.69, 9.17) is 0 Å². The molecule has 2 unspecified atom stereocenters. The quantitative estimate of drug-likeness (QED) is 0.910. The molecule has 1 saturated heterocycles.